The zero-order chi connectivity index (χ0) is 25.1. The van der Waals surface area contributed by atoms with Crippen molar-refractivity contribution < 1.29 is 14.3 Å². The van der Waals surface area contributed by atoms with E-state index in [1.54, 1.807) is 0 Å². The third-order valence-corrected chi connectivity index (χ3v) is 8.01. The number of halogens is 1. The summed E-state index contributed by atoms with van der Waals surface area (Å²) in [5.41, 5.74) is 13.1. The quantitative estimate of drug-likeness (QED) is 0.214. The van der Waals surface area contributed by atoms with Gasteiger partial charge in [-0.3, -0.25) is 19.4 Å². The number of carbonyl (C=O) groups is 2. The van der Waals surface area contributed by atoms with Crippen molar-refractivity contribution in [1.29, 1.82) is 0 Å². The summed E-state index contributed by atoms with van der Waals surface area (Å²) in [4.78, 5) is 32.2. The number of nitrogens with zero attached hydrogens (tertiary/aromatic N) is 3. The molecular weight excluding hydrogens is 472 g/mol. The smallest absolute Gasteiger partial charge is 0.246 e. The van der Waals surface area contributed by atoms with Gasteiger partial charge >= 0.3 is 0 Å². The fourth-order valence-electron chi connectivity index (χ4n) is 5.69. The van der Waals surface area contributed by atoms with E-state index in [2.05, 4.69) is 45.8 Å². The molecule has 0 aromatic rings. The molecule has 3 heterocycles. The molecular formula is C23H39ClN8O3. The number of morpholine rings is 1. The zero-order valence-electron chi connectivity index (χ0n) is 20.6. The highest BCUT2D eigenvalue weighted by Gasteiger charge is 2.45. The van der Waals surface area contributed by atoms with E-state index in [0.717, 1.165) is 25.8 Å². The maximum Gasteiger partial charge on any atom is 0.246 e. The van der Waals surface area contributed by atoms with Crippen LogP contribution in [0.4, 0.5) is 0 Å². The number of amides is 2. The molecule has 0 saturated carbocycles. The molecule has 3 aliphatic heterocycles. The summed E-state index contributed by atoms with van der Waals surface area (Å²) in [7, 11) is 2.12. The standard InChI is InChI=1S/C23H39ClN8O3/c1-3-32-16-12-14(5-7-18(33)31-8-10-35-11-9-31)4-6-15(16)30(2)17(32)13-27-23(34)19-21(25)29-22(26)20(24)28-19/h4,15-17,19,21,28-29H,3,5-13,25-26H2,1-2H3,(H,27,34). The largest absolute Gasteiger partial charge is 0.383 e. The summed E-state index contributed by atoms with van der Waals surface area (Å²) in [5, 5.41) is 8.94. The van der Waals surface area contributed by atoms with Gasteiger partial charge in [0.05, 0.1) is 19.4 Å². The number of nitrogens with one attached hydrogen (secondary N) is 3. The molecule has 4 aliphatic rings. The van der Waals surface area contributed by atoms with Crippen molar-refractivity contribution in [2.24, 2.45) is 11.5 Å². The van der Waals surface area contributed by atoms with Crippen molar-refractivity contribution in [3.8, 4) is 0 Å². The van der Waals surface area contributed by atoms with Crippen molar-refractivity contribution in [2.75, 3.05) is 46.4 Å². The predicted octanol–water partition coefficient (Wildman–Crippen LogP) is -1.04. The number of nitrogens with two attached hydrogens (primary N) is 2. The van der Waals surface area contributed by atoms with Crippen molar-refractivity contribution in [2.45, 2.75) is 63.1 Å². The van der Waals surface area contributed by atoms with Crippen LogP contribution in [0.25, 0.3) is 0 Å². The zero-order valence-corrected chi connectivity index (χ0v) is 21.4. The molecule has 2 fully saturated rings. The minimum absolute atomic E-state index is 0.0746. The Morgan fingerprint density at radius 2 is 2.00 bits per heavy atom. The summed E-state index contributed by atoms with van der Waals surface area (Å²) in [6.07, 6.45) is 4.96. The van der Waals surface area contributed by atoms with Crippen LogP contribution in [0.1, 0.15) is 32.6 Å². The maximum atomic E-state index is 12.9. The second-order valence-corrected chi connectivity index (χ2v) is 10.0. The first-order valence-corrected chi connectivity index (χ1v) is 12.9. The monoisotopic (exact) mass is 510 g/mol. The maximum absolute atomic E-state index is 12.9. The van der Waals surface area contributed by atoms with Gasteiger partial charge in [-0.2, -0.15) is 0 Å². The highest BCUT2D eigenvalue weighted by atomic mass is 35.5. The first-order chi connectivity index (χ1) is 16.8. The second kappa shape index (κ2) is 11.3. The van der Waals surface area contributed by atoms with Crippen LogP contribution in [-0.2, 0) is 14.3 Å². The molecule has 11 nitrogen and oxygen atoms in total. The predicted molar refractivity (Wildman–Crippen MR) is 134 cm³/mol. The Balaban J connectivity index is 1.31. The summed E-state index contributed by atoms with van der Waals surface area (Å²) >= 11 is 6.05. The number of carbonyl (C=O) groups excluding carboxylic acids is 2. The first kappa shape index (κ1) is 26.0. The average Bonchev–Trinajstić information content (AvgIpc) is 3.13. The number of hydrogen-bond donors (Lipinski definition) is 5. The van der Waals surface area contributed by atoms with Crippen LogP contribution in [0.3, 0.4) is 0 Å². The van der Waals surface area contributed by atoms with E-state index in [4.69, 9.17) is 27.8 Å². The minimum Gasteiger partial charge on any atom is -0.383 e. The fraction of sp³-hybridized carbons (Fsp3) is 0.739. The molecule has 2 saturated heterocycles. The number of ether oxygens (including phenoxy) is 1. The topological polar surface area (TPSA) is 141 Å². The van der Waals surface area contributed by atoms with Crippen molar-refractivity contribution in [3.63, 3.8) is 0 Å². The number of likely N-dealkylation sites (N-methyl/N-ethyl adjacent to an activating group) is 2. The van der Waals surface area contributed by atoms with Gasteiger partial charge in [-0.1, -0.05) is 30.2 Å². The van der Waals surface area contributed by atoms with Crippen LogP contribution in [0.5, 0.6) is 0 Å². The highest BCUT2D eigenvalue weighted by Crippen LogP contribution is 2.36. The average molecular weight is 511 g/mol. The van der Waals surface area contributed by atoms with Gasteiger partial charge in [-0.25, -0.2) is 0 Å². The van der Waals surface area contributed by atoms with E-state index in [9.17, 15) is 9.59 Å². The van der Waals surface area contributed by atoms with Gasteiger partial charge in [0.1, 0.15) is 23.2 Å². The van der Waals surface area contributed by atoms with E-state index in [-0.39, 0.29) is 29.0 Å². The Bertz CT molecular complexity index is 862. The molecule has 5 unspecified atom stereocenters. The lowest BCUT2D eigenvalue weighted by molar-refractivity contribution is -0.135. The van der Waals surface area contributed by atoms with Crippen LogP contribution in [-0.4, -0.2) is 103 Å². The van der Waals surface area contributed by atoms with Crippen LogP contribution >= 0.6 is 11.6 Å². The molecule has 0 bridgehead atoms. The van der Waals surface area contributed by atoms with Crippen molar-refractivity contribution in [3.05, 3.63) is 22.6 Å². The van der Waals surface area contributed by atoms with E-state index in [0.29, 0.717) is 51.4 Å². The lowest BCUT2D eigenvalue weighted by Gasteiger charge is -2.33. The molecule has 0 aromatic heterocycles. The number of fused-ring (bicyclic) bond motifs is 1. The molecule has 4 rings (SSSR count). The Labute approximate surface area is 212 Å². The second-order valence-electron chi connectivity index (χ2n) is 9.67. The summed E-state index contributed by atoms with van der Waals surface area (Å²) in [6, 6.07) is 0.0277. The van der Waals surface area contributed by atoms with Gasteiger partial charge in [-0.05, 0) is 32.9 Å². The van der Waals surface area contributed by atoms with Crippen LogP contribution in [0.2, 0.25) is 0 Å². The minimum atomic E-state index is -0.712. The first-order valence-electron chi connectivity index (χ1n) is 12.5. The third kappa shape index (κ3) is 5.69. The lowest BCUT2D eigenvalue weighted by Crippen LogP contribution is -2.64. The van der Waals surface area contributed by atoms with E-state index >= 15 is 0 Å². The Morgan fingerprint density at radius 3 is 2.71 bits per heavy atom. The molecule has 0 spiro atoms. The highest BCUT2D eigenvalue weighted by molar-refractivity contribution is 6.29. The van der Waals surface area contributed by atoms with Crippen molar-refractivity contribution >= 4 is 23.4 Å². The van der Waals surface area contributed by atoms with Crippen LogP contribution in [0.15, 0.2) is 22.6 Å². The summed E-state index contributed by atoms with van der Waals surface area (Å²) in [6.45, 7) is 6.15. The summed E-state index contributed by atoms with van der Waals surface area (Å²) in [5.74, 6) is 0.221. The molecule has 7 N–H and O–H groups in total. The molecule has 35 heavy (non-hydrogen) atoms. The number of hydrogen-bond acceptors (Lipinski definition) is 9. The third-order valence-electron chi connectivity index (χ3n) is 7.70. The lowest BCUT2D eigenvalue weighted by atomic mass is 9.88. The van der Waals surface area contributed by atoms with Gasteiger partial charge < -0.3 is 37.1 Å². The molecule has 0 radical (unpaired) electrons. The molecule has 1 aliphatic carbocycles. The van der Waals surface area contributed by atoms with Gasteiger partial charge in [0, 0.05) is 38.1 Å². The Kier molecular flexibility index (Phi) is 8.43. The van der Waals surface area contributed by atoms with E-state index in [1.165, 1.54) is 5.57 Å². The Morgan fingerprint density at radius 1 is 1.26 bits per heavy atom. The van der Waals surface area contributed by atoms with Gasteiger partial charge in [0.15, 0.2) is 0 Å². The fourth-order valence-corrected chi connectivity index (χ4v) is 5.87. The van der Waals surface area contributed by atoms with Gasteiger partial charge in [-0.15, -0.1) is 0 Å². The van der Waals surface area contributed by atoms with Crippen LogP contribution < -0.4 is 27.4 Å². The molecule has 5 atom stereocenters. The molecule has 2 amide bonds. The SMILES string of the molecule is CCN1C2CC(CCC(=O)N3CCOCC3)=CCC2N(C)C1CNC(=O)C1NC(Cl)=C(N)NC1N. The summed E-state index contributed by atoms with van der Waals surface area (Å²) < 4.78 is 5.35. The molecule has 196 valence electrons. The molecule has 0 aromatic carbocycles. The van der Waals surface area contributed by atoms with E-state index in [1.807, 2.05) is 4.90 Å². The van der Waals surface area contributed by atoms with Gasteiger partial charge in [0.2, 0.25) is 11.8 Å². The molecule has 12 heteroatoms. The number of rotatable bonds is 7. The van der Waals surface area contributed by atoms with Crippen molar-refractivity contribution in [1.82, 2.24) is 30.7 Å². The van der Waals surface area contributed by atoms with Crippen LogP contribution in [0, 0.1) is 0 Å². The normalized spacial score (nSPS) is 31.9. The van der Waals surface area contributed by atoms with Gasteiger partial charge in [0.25, 0.3) is 0 Å². The van der Waals surface area contributed by atoms with E-state index < -0.39 is 12.2 Å². The Hall–Kier alpha value is -2.05.